The topological polar surface area (TPSA) is 47.3 Å². The van der Waals surface area contributed by atoms with E-state index in [0.29, 0.717) is 6.10 Å². The highest BCUT2D eigenvalue weighted by atomic mass is 16.5. The smallest absolute Gasteiger partial charge is 0.0591 e. The quantitative estimate of drug-likeness (QED) is 0.384. The van der Waals surface area contributed by atoms with Gasteiger partial charge in [0.25, 0.3) is 0 Å². The summed E-state index contributed by atoms with van der Waals surface area (Å²) in [6.45, 7) is 2.75. The number of nitrogens with two attached hydrogens (primary N) is 1. The van der Waals surface area contributed by atoms with E-state index in [2.05, 4.69) is 17.3 Å². The van der Waals surface area contributed by atoms with Crippen molar-refractivity contribution in [3.05, 3.63) is 0 Å². The molecule has 1 rings (SSSR count). The maximum Gasteiger partial charge on any atom is 0.0591 e. The molecule has 1 heterocycles. The molecule has 0 aromatic rings. The highest BCUT2D eigenvalue weighted by Crippen LogP contribution is 2.17. The summed E-state index contributed by atoms with van der Waals surface area (Å²) < 4.78 is 5.52. The van der Waals surface area contributed by atoms with Gasteiger partial charge in [-0.05, 0) is 26.2 Å². The van der Waals surface area contributed by atoms with E-state index in [4.69, 9.17) is 10.6 Å². The van der Waals surface area contributed by atoms with Crippen LogP contribution in [0.3, 0.4) is 0 Å². The molecule has 0 aromatic heterocycles. The Balaban J connectivity index is 2.24. The number of nitrogens with one attached hydrogen (secondary N) is 1. The van der Waals surface area contributed by atoms with Gasteiger partial charge in [0.15, 0.2) is 0 Å². The lowest BCUT2D eigenvalue weighted by Crippen LogP contribution is -2.37. The standard InChI is InChI=1S/C10H18N2O/c1-2-3-5-9(12-11)8-10-6-4-7-13-10/h9-10,12H,4-8,11H2,1H3. The molecule has 3 N–H and O–H groups in total. The van der Waals surface area contributed by atoms with E-state index >= 15 is 0 Å². The molecular weight excluding hydrogens is 164 g/mol. The Morgan fingerprint density at radius 3 is 3.08 bits per heavy atom. The fourth-order valence-corrected chi connectivity index (χ4v) is 1.58. The molecule has 0 bridgehead atoms. The van der Waals surface area contributed by atoms with Crippen LogP contribution in [0, 0.1) is 11.8 Å². The first-order valence-corrected chi connectivity index (χ1v) is 4.84. The lowest BCUT2D eigenvalue weighted by atomic mass is 10.1. The predicted molar refractivity (Wildman–Crippen MR) is 52.8 cm³/mol. The fraction of sp³-hybridized carbons (Fsp3) is 0.800. The van der Waals surface area contributed by atoms with Crippen LogP contribution in [-0.4, -0.2) is 18.8 Å². The summed E-state index contributed by atoms with van der Waals surface area (Å²) in [6, 6.07) is 0.274. The number of hydrogen-bond acceptors (Lipinski definition) is 3. The monoisotopic (exact) mass is 182 g/mol. The van der Waals surface area contributed by atoms with Crippen LogP contribution >= 0.6 is 0 Å². The third kappa shape index (κ3) is 3.77. The van der Waals surface area contributed by atoms with Gasteiger partial charge in [-0.2, -0.15) is 0 Å². The summed E-state index contributed by atoms with van der Waals surface area (Å²) in [5.74, 6) is 11.3. The van der Waals surface area contributed by atoms with Gasteiger partial charge in [0.1, 0.15) is 0 Å². The second kappa shape index (κ2) is 5.98. The summed E-state index contributed by atoms with van der Waals surface area (Å²) in [5, 5.41) is 0. The highest BCUT2D eigenvalue weighted by Gasteiger charge is 2.19. The van der Waals surface area contributed by atoms with Gasteiger partial charge in [-0.25, -0.2) is 0 Å². The first kappa shape index (κ1) is 10.5. The summed E-state index contributed by atoms with van der Waals surface area (Å²) >= 11 is 0. The Kier molecular flexibility index (Phi) is 4.84. The van der Waals surface area contributed by atoms with Gasteiger partial charge < -0.3 is 4.74 Å². The average molecular weight is 182 g/mol. The normalized spacial score (nSPS) is 23.7. The number of ether oxygens (including phenoxy) is 1. The Bertz CT molecular complexity index is 189. The van der Waals surface area contributed by atoms with Gasteiger partial charge in [0.05, 0.1) is 6.10 Å². The van der Waals surface area contributed by atoms with E-state index < -0.39 is 0 Å². The summed E-state index contributed by atoms with van der Waals surface area (Å²) in [5.41, 5.74) is 2.78. The summed E-state index contributed by atoms with van der Waals surface area (Å²) in [4.78, 5) is 0. The largest absolute Gasteiger partial charge is 0.378 e. The van der Waals surface area contributed by atoms with E-state index in [0.717, 1.165) is 25.9 Å². The zero-order chi connectivity index (χ0) is 9.52. The molecule has 74 valence electrons. The van der Waals surface area contributed by atoms with E-state index in [-0.39, 0.29) is 6.04 Å². The zero-order valence-corrected chi connectivity index (χ0v) is 8.18. The summed E-state index contributed by atoms with van der Waals surface area (Å²) in [7, 11) is 0. The van der Waals surface area contributed by atoms with Crippen LogP contribution in [0.25, 0.3) is 0 Å². The molecule has 0 saturated carbocycles. The van der Waals surface area contributed by atoms with Crippen molar-refractivity contribution in [3.63, 3.8) is 0 Å². The van der Waals surface area contributed by atoms with Gasteiger partial charge in [-0.15, -0.1) is 11.8 Å². The van der Waals surface area contributed by atoms with Crippen molar-refractivity contribution in [2.75, 3.05) is 6.61 Å². The SMILES string of the molecule is CC#CCC(CC1CCCO1)NN. The molecule has 1 aliphatic rings. The average Bonchev–Trinajstić information content (AvgIpc) is 2.64. The van der Waals surface area contributed by atoms with E-state index in [1.54, 1.807) is 0 Å². The molecule has 3 nitrogen and oxygen atoms in total. The second-order valence-corrected chi connectivity index (χ2v) is 3.37. The number of rotatable bonds is 4. The van der Waals surface area contributed by atoms with Crippen LogP contribution < -0.4 is 11.3 Å². The van der Waals surface area contributed by atoms with Crippen molar-refractivity contribution < 1.29 is 4.74 Å². The molecule has 0 aromatic carbocycles. The molecule has 0 radical (unpaired) electrons. The first-order chi connectivity index (χ1) is 6.36. The lowest BCUT2D eigenvalue weighted by Gasteiger charge is -2.16. The Labute approximate surface area is 80.0 Å². The van der Waals surface area contributed by atoms with Crippen LogP contribution in [0.2, 0.25) is 0 Å². The molecule has 2 unspecified atom stereocenters. The molecule has 0 amide bonds. The lowest BCUT2D eigenvalue weighted by molar-refractivity contribution is 0.0951. The molecule has 1 fully saturated rings. The Morgan fingerprint density at radius 2 is 2.54 bits per heavy atom. The van der Waals surface area contributed by atoms with Crippen molar-refractivity contribution in [1.29, 1.82) is 0 Å². The van der Waals surface area contributed by atoms with Crippen molar-refractivity contribution in [3.8, 4) is 11.8 Å². The van der Waals surface area contributed by atoms with Crippen molar-refractivity contribution in [2.45, 2.75) is 44.8 Å². The van der Waals surface area contributed by atoms with Crippen molar-refractivity contribution in [1.82, 2.24) is 5.43 Å². The molecular formula is C10H18N2O. The number of hydrogen-bond donors (Lipinski definition) is 2. The van der Waals surface area contributed by atoms with Gasteiger partial charge in [-0.3, -0.25) is 11.3 Å². The minimum absolute atomic E-state index is 0.274. The van der Waals surface area contributed by atoms with Crippen molar-refractivity contribution in [2.24, 2.45) is 5.84 Å². The van der Waals surface area contributed by atoms with Gasteiger partial charge in [0.2, 0.25) is 0 Å². The highest BCUT2D eigenvalue weighted by molar-refractivity contribution is 4.98. The second-order valence-electron chi connectivity index (χ2n) is 3.37. The number of hydrazine groups is 1. The maximum absolute atomic E-state index is 5.52. The summed E-state index contributed by atoms with van der Waals surface area (Å²) in [6.07, 6.45) is 4.52. The van der Waals surface area contributed by atoms with E-state index in [1.165, 1.54) is 6.42 Å². The first-order valence-electron chi connectivity index (χ1n) is 4.84. The van der Waals surface area contributed by atoms with Crippen LogP contribution in [0.4, 0.5) is 0 Å². The van der Waals surface area contributed by atoms with Crippen LogP contribution in [0.1, 0.15) is 32.6 Å². The molecule has 1 saturated heterocycles. The molecule has 0 aliphatic carbocycles. The van der Waals surface area contributed by atoms with Gasteiger partial charge in [-0.1, -0.05) is 0 Å². The van der Waals surface area contributed by atoms with Crippen molar-refractivity contribution >= 4 is 0 Å². The van der Waals surface area contributed by atoms with Crippen LogP contribution in [0.15, 0.2) is 0 Å². The van der Waals surface area contributed by atoms with E-state index in [1.807, 2.05) is 6.92 Å². The minimum Gasteiger partial charge on any atom is -0.378 e. The molecule has 0 spiro atoms. The fourth-order valence-electron chi connectivity index (χ4n) is 1.58. The maximum atomic E-state index is 5.52. The predicted octanol–water partition coefficient (Wildman–Crippen LogP) is 0.801. The van der Waals surface area contributed by atoms with Gasteiger partial charge in [0, 0.05) is 19.1 Å². The minimum atomic E-state index is 0.274. The molecule has 13 heavy (non-hydrogen) atoms. The van der Waals surface area contributed by atoms with Crippen LogP contribution in [-0.2, 0) is 4.74 Å². The third-order valence-electron chi connectivity index (χ3n) is 2.33. The van der Waals surface area contributed by atoms with Crippen LogP contribution in [0.5, 0.6) is 0 Å². The Morgan fingerprint density at radius 1 is 1.69 bits per heavy atom. The zero-order valence-electron chi connectivity index (χ0n) is 8.18. The molecule has 1 aliphatic heterocycles. The van der Waals surface area contributed by atoms with Gasteiger partial charge >= 0.3 is 0 Å². The Hall–Kier alpha value is -0.560. The third-order valence-corrected chi connectivity index (χ3v) is 2.33. The molecule has 3 heteroatoms. The van der Waals surface area contributed by atoms with E-state index in [9.17, 15) is 0 Å². The molecule has 2 atom stereocenters.